The molecular formula is C14H19BrN4. The minimum atomic E-state index is 0.294. The van der Waals surface area contributed by atoms with Gasteiger partial charge in [0, 0.05) is 17.7 Å². The van der Waals surface area contributed by atoms with Crippen LogP contribution in [0.2, 0.25) is 0 Å². The molecule has 0 unspecified atom stereocenters. The van der Waals surface area contributed by atoms with Crippen LogP contribution in [0.5, 0.6) is 0 Å². The Morgan fingerprint density at radius 3 is 2.47 bits per heavy atom. The second kappa shape index (κ2) is 5.82. The lowest BCUT2D eigenvalue weighted by Crippen LogP contribution is -2.08. The van der Waals surface area contributed by atoms with E-state index in [2.05, 4.69) is 64.8 Å². The van der Waals surface area contributed by atoms with Crippen LogP contribution in [0.15, 0.2) is 16.7 Å². The quantitative estimate of drug-likeness (QED) is 0.806. The van der Waals surface area contributed by atoms with E-state index in [0.717, 1.165) is 34.8 Å². The summed E-state index contributed by atoms with van der Waals surface area (Å²) >= 11 is 3.46. The molecule has 2 heterocycles. The van der Waals surface area contributed by atoms with Crippen molar-refractivity contribution in [3.8, 4) is 5.82 Å². The summed E-state index contributed by atoms with van der Waals surface area (Å²) in [6.07, 6.45) is 1.87. The van der Waals surface area contributed by atoms with Crippen LogP contribution in [0, 0.1) is 0 Å². The Hall–Kier alpha value is -1.23. The number of halogens is 1. The molecule has 0 bridgehead atoms. The molecule has 0 fully saturated rings. The summed E-state index contributed by atoms with van der Waals surface area (Å²) in [4.78, 5) is 9.02. The maximum Gasteiger partial charge on any atom is 0.158 e. The highest BCUT2D eigenvalue weighted by Crippen LogP contribution is 2.19. The first-order chi connectivity index (χ1) is 9.05. The topological polar surface area (TPSA) is 43.6 Å². The van der Waals surface area contributed by atoms with Crippen LogP contribution in [0.4, 0.5) is 0 Å². The molecule has 102 valence electrons. The van der Waals surface area contributed by atoms with Gasteiger partial charge in [-0.1, -0.05) is 27.7 Å². The van der Waals surface area contributed by atoms with Gasteiger partial charge in [0.05, 0.1) is 5.69 Å². The molecule has 0 amide bonds. The highest BCUT2D eigenvalue weighted by atomic mass is 79.9. The predicted molar refractivity (Wildman–Crippen MR) is 79.7 cm³/mol. The maximum absolute atomic E-state index is 4.62. The molecular weight excluding hydrogens is 304 g/mol. The average molecular weight is 323 g/mol. The van der Waals surface area contributed by atoms with Crippen molar-refractivity contribution in [2.45, 2.75) is 46.5 Å². The van der Waals surface area contributed by atoms with Gasteiger partial charge in [0.2, 0.25) is 0 Å². The van der Waals surface area contributed by atoms with Crippen molar-refractivity contribution < 1.29 is 0 Å². The summed E-state index contributed by atoms with van der Waals surface area (Å²) in [6, 6.07) is 4.06. The minimum Gasteiger partial charge on any atom is -0.226 e. The number of rotatable bonds is 4. The Balaban J connectivity index is 2.54. The van der Waals surface area contributed by atoms with Gasteiger partial charge in [-0.15, -0.1) is 0 Å². The zero-order valence-electron chi connectivity index (χ0n) is 11.8. The summed E-state index contributed by atoms with van der Waals surface area (Å²) in [5.74, 6) is 1.96. The number of aryl methyl sites for hydroxylation is 2. The summed E-state index contributed by atoms with van der Waals surface area (Å²) in [7, 11) is 0. The normalized spacial score (nSPS) is 11.3. The summed E-state index contributed by atoms with van der Waals surface area (Å²) in [5, 5.41) is 4.62. The fourth-order valence-electron chi connectivity index (χ4n) is 1.89. The van der Waals surface area contributed by atoms with Crippen LogP contribution >= 0.6 is 15.9 Å². The first-order valence-corrected chi connectivity index (χ1v) is 7.47. The molecule has 0 aliphatic heterocycles. The van der Waals surface area contributed by atoms with Crippen molar-refractivity contribution in [1.29, 1.82) is 0 Å². The SMILES string of the molecule is CCc1cc(CC)n(-c2cc(Br)nc(C(C)C)n2)n1. The lowest BCUT2D eigenvalue weighted by atomic mass is 10.2. The molecule has 19 heavy (non-hydrogen) atoms. The molecule has 0 aliphatic rings. The van der Waals surface area contributed by atoms with Gasteiger partial charge in [0.1, 0.15) is 10.4 Å². The van der Waals surface area contributed by atoms with Crippen molar-refractivity contribution in [2.24, 2.45) is 0 Å². The van der Waals surface area contributed by atoms with Crippen molar-refractivity contribution in [3.05, 3.63) is 33.9 Å². The van der Waals surface area contributed by atoms with Crippen molar-refractivity contribution in [3.63, 3.8) is 0 Å². The Morgan fingerprint density at radius 2 is 1.89 bits per heavy atom. The van der Waals surface area contributed by atoms with E-state index in [1.54, 1.807) is 0 Å². The van der Waals surface area contributed by atoms with E-state index in [4.69, 9.17) is 0 Å². The number of nitrogens with zero attached hydrogens (tertiary/aromatic N) is 4. The molecule has 5 heteroatoms. The predicted octanol–water partition coefficient (Wildman–Crippen LogP) is 3.67. The molecule has 0 aliphatic carbocycles. The van der Waals surface area contributed by atoms with Crippen LogP contribution in [0.25, 0.3) is 5.82 Å². The van der Waals surface area contributed by atoms with Gasteiger partial charge in [0.25, 0.3) is 0 Å². The Bertz CT molecular complexity index is 575. The molecule has 0 spiro atoms. The summed E-state index contributed by atoms with van der Waals surface area (Å²) < 4.78 is 2.73. The van der Waals surface area contributed by atoms with Gasteiger partial charge in [-0.2, -0.15) is 5.10 Å². The van der Waals surface area contributed by atoms with Crippen LogP contribution in [-0.2, 0) is 12.8 Å². The molecule has 2 aromatic rings. The lowest BCUT2D eigenvalue weighted by molar-refractivity contribution is 0.720. The summed E-state index contributed by atoms with van der Waals surface area (Å²) in [5.41, 5.74) is 2.27. The second-order valence-electron chi connectivity index (χ2n) is 4.81. The molecule has 0 aromatic carbocycles. The van der Waals surface area contributed by atoms with Crippen molar-refractivity contribution >= 4 is 15.9 Å². The van der Waals surface area contributed by atoms with Crippen LogP contribution in [0.1, 0.15) is 50.8 Å². The van der Waals surface area contributed by atoms with Gasteiger partial charge in [0.15, 0.2) is 5.82 Å². The third kappa shape index (κ3) is 3.03. The molecule has 4 nitrogen and oxygen atoms in total. The first kappa shape index (κ1) is 14.2. The zero-order chi connectivity index (χ0) is 14.0. The van der Waals surface area contributed by atoms with Gasteiger partial charge in [-0.25, -0.2) is 14.6 Å². The maximum atomic E-state index is 4.62. The van der Waals surface area contributed by atoms with E-state index < -0.39 is 0 Å². The molecule has 0 saturated carbocycles. The molecule has 0 N–H and O–H groups in total. The van der Waals surface area contributed by atoms with Crippen molar-refractivity contribution in [2.75, 3.05) is 0 Å². The molecule has 2 rings (SSSR count). The minimum absolute atomic E-state index is 0.294. The smallest absolute Gasteiger partial charge is 0.158 e. The molecule has 2 aromatic heterocycles. The van der Waals surface area contributed by atoms with Crippen molar-refractivity contribution in [1.82, 2.24) is 19.7 Å². The van der Waals surface area contributed by atoms with E-state index >= 15 is 0 Å². The first-order valence-electron chi connectivity index (χ1n) is 6.67. The van der Waals surface area contributed by atoms with Gasteiger partial charge >= 0.3 is 0 Å². The molecule has 0 radical (unpaired) electrons. The zero-order valence-corrected chi connectivity index (χ0v) is 13.4. The van der Waals surface area contributed by atoms with E-state index in [9.17, 15) is 0 Å². The Kier molecular flexibility index (Phi) is 4.34. The van der Waals surface area contributed by atoms with Gasteiger partial charge in [-0.05, 0) is 34.8 Å². The number of hydrogen-bond acceptors (Lipinski definition) is 3. The van der Waals surface area contributed by atoms with Crippen LogP contribution < -0.4 is 0 Å². The third-order valence-corrected chi connectivity index (χ3v) is 3.40. The molecule has 0 saturated heterocycles. The van der Waals surface area contributed by atoms with Gasteiger partial charge < -0.3 is 0 Å². The van der Waals surface area contributed by atoms with Crippen LogP contribution in [-0.4, -0.2) is 19.7 Å². The fourth-order valence-corrected chi connectivity index (χ4v) is 2.27. The number of aromatic nitrogens is 4. The average Bonchev–Trinajstić information content (AvgIpc) is 2.81. The fraction of sp³-hybridized carbons (Fsp3) is 0.500. The second-order valence-corrected chi connectivity index (χ2v) is 5.62. The van der Waals surface area contributed by atoms with E-state index in [0.29, 0.717) is 5.92 Å². The highest BCUT2D eigenvalue weighted by molar-refractivity contribution is 9.10. The Labute approximate surface area is 122 Å². The van der Waals surface area contributed by atoms with E-state index in [1.165, 1.54) is 5.69 Å². The summed E-state index contributed by atoms with van der Waals surface area (Å²) in [6.45, 7) is 8.42. The molecule has 0 atom stereocenters. The van der Waals surface area contributed by atoms with Gasteiger partial charge in [-0.3, -0.25) is 0 Å². The lowest BCUT2D eigenvalue weighted by Gasteiger charge is -2.09. The van der Waals surface area contributed by atoms with E-state index in [1.807, 2.05) is 10.7 Å². The largest absolute Gasteiger partial charge is 0.226 e. The third-order valence-electron chi connectivity index (χ3n) is 2.99. The number of hydrogen-bond donors (Lipinski definition) is 0. The van der Waals surface area contributed by atoms with E-state index in [-0.39, 0.29) is 0 Å². The van der Waals surface area contributed by atoms with Crippen LogP contribution in [0.3, 0.4) is 0 Å². The monoisotopic (exact) mass is 322 g/mol. The standard InChI is InChI=1S/C14H19BrN4/c1-5-10-7-11(6-2)19(18-10)13-8-12(15)16-14(17-13)9(3)4/h7-9H,5-6H2,1-4H3. The highest BCUT2D eigenvalue weighted by Gasteiger charge is 2.12. The Morgan fingerprint density at radius 1 is 1.16 bits per heavy atom.